The molecule has 2 aromatic heterocycles. The Morgan fingerprint density at radius 3 is 2.86 bits per heavy atom. The summed E-state index contributed by atoms with van der Waals surface area (Å²) in [6.07, 6.45) is 1.74. The van der Waals surface area contributed by atoms with Crippen molar-refractivity contribution in [2.75, 3.05) is 0 Å². The third-order valence-electron chi connectivity index (χ3n) is 2.97. The van der Waals surface area contributed by atoms with Crippen LogP contribution < -0.4 is 5.32 Å². The van der Waals surface area contributed by atoms with Gasteiger partial charge in [-0.05, 0) is 30.3 Å². The van der Waals surface area contributed by atoms with Gasteiger partial charge >= 0.3 is 0 Å². The smallest absolute Gasteiger partial charge is 0.251 e. The van der Waals surface area contributed by atoms with Gasteiger partial charge in [0, 0.05) is 21.6 Å². The Morgan fingerprint density at radius 1 is 1.18 bits per heavy atom. The minimum absolute atomic E-state index is 0.115. The van der Waals surface area contributed by atoms with Crippen LogP contribution in [0.25, 0.3) is 11.4 Å². The maximum absolute atomic E-state index is 12.1. The number of carbonyl (C=O) groups excluding carboxylic acids is 1. The number of pyridine rings is 1. The molecule has 3 aromatic rings. The van der Waals surface area contributed by atoms with Gasteiger partial charge in [-0.25, -0.2) is 4.98 Å². The second-order valence-electron chi connectivity index (χ2n) is 4.53. The molecule has 2 heterocycles. The number of thiazole rings is 1. The topological polar surface area (TPSA) is 54.9 Å². The SMILES string of the molecule is O=C(NCc1nc(-c2ccccn2)cs1)c1cccc(Br)c1. The molecular formula is C16H12BrN3OS. The molecule has 0 radical (unpaired) electrons. The number of rotatable bonds is 4. The highest BCUT2D eigenvalue weighted by Gasteiger charge is 2.08. The summed E-state index contributed by atoms with van der Waals surface area (Å²) in [6, 6.07) is 13.0. The van der Waals surface area contributed by atoms with Crippen LogP contribution in [0, 0.1) is 0 Å². The van der Waals surface area contributed by atoms with Gasteiger partial charge in [-0.2, -0.15) is 0 Å². The first-order valence-corrected chi connectivity index (χ1v) is 8.29. The van der Waals surface area contributed by atoms with Gasteiger partial charge in [-0.3, -0.25) is 9.78 Å². The van der Waals surface area contributed by atoms with Crippen LogP contribution in [-0.2, 0) is 6.54 Å². The lowest BCUT2D eigenvalue weighted by atomic mass is 10.2. The van der Waals surface area contributed by atoms with Gasteiger partial charge in [0.15, 0.2) is 0 Å². The maximum atomic E-state index is 12.1. The third kappa shape index (κ3) is 3.58. The number of hydrogen-bond acceptors (Lipinski definition) is 4. The van der Waals surface area contributed by atoms with Crippen LogP contribution >= 0.6 is 27.3 Å². The monoisotopic (exact) mass is 373 g/mol. The van der Waals surface area contributed by atoms with Gasteiger partial charge in [0.2, 0.25) is 0 Å². The summed E-state index contributed by atoms with van der Waals surface area (Å²) in [5, 5.41) is 5.67. The lowest BCUT2D eigenvalue weighted by Gasteiger charge is -2.03. The third-order valence-corrected chi connectivity index (χ3v) is 4.31. The minimum atomic E-state index is -0.115. The summed E-state index contributed by atoms with van der Waals surface area (Å²) in [4.78, 5) is 20.8. The highest BCUT2D eigenvalue weighted by atomic mass is 79.9. The van der Waals surface area contributed by atoms with Crippen molar-refractivity contribution in [1.29, 1.82) is 0 Å². The van der Waals surface area contributed by atoms with Gasteiger partial charge in [-0.1, -0.05) is 28.1 Å². The second-order valence-corrected chi connectivity index (χ2v) is 6.39. The predicted octanol–water partition coefficient (Wildman–Crippen LogP) is 3.90. The summed E-state index contributed by atoms with van der Waals surface area (Å²) < 4.78 is 0.881. The van der Waals surface area contributed by atoms with E-state index in [0.29, 0.717) is 12.1 Å². The molecule has 0 bridgehead atoms. The molecule has 0 aliphatic heterocycles. The molecule has 0 aliphatic carbocycles. The first kappa shape index (κ1) is 14.9. The molecule has 1 amide bonds. The molecule has 6 heteroatoms. The molecule has 0 fully saturated rings. The fourth-order valence-corrected chi connectivity index (χ4v) is 3.04. The number of nitrogens with one attached hydrogen (secondary N) is 1. The zero-order chi connectivity index (χ0) is 15.4. The molecule has 0 aliphatic rings. The lowest BCUT2D eigenvalue weighted by molar-refractivity contribution is 0.0951. The normalized spacial score (nSPS) is 10.4. The summed E-state index contributed by atoms with van der Waals surface area (Å²) in [6.45, 7) is 0.406. The van der Waals surface area contributed by atoms with E-state index < -0.39 is 0 Å². The number of nitrogens with zero attached hydrogens (tertiary/aromatic N) is 2. The molecule has 22 heavy (non-hydrogen) atoms. The summed E-state index contributed by atoms with van der Waals surface area (Å²) in [5.41, 5.74) is 2.29. The van der Waals surface area contributed by atoms with E-state index in [4.69, 9.17) is 0 Å². The van der Waals surface area contributed by atoms with Crippen molar-refractivity contribution in [1.82, 2.24) is 15.3 Å². The quantitative estimate of drug-likeness (QED) is 0.754. The molecule has 0 spiro atoms. The molecule has 110 valence electrons. The first-order valence-electron chi connectivity index (χ1n) is 6.62. The second kappa shape index (κ2) is 6.81. The number of hydrogen-bond donors (Lipinski definition) is 1. The fourth-order valence-electron chi connectivity index (χ4n) is 1.91. The molecule has 3 rings (SSSR count). The largest absolute Gasteiger partial charge is 0.346 e. The Bertz CT molecular complexity index is 789. The van der Waals surface area contributed by atoms with Crippen LogP contribution in [0.4, 0.5) is 0 Å². The standard InChI is InChI=1S/C16H12BrN3OS/c17-12-5-3-4-11(8-12)16(21)19-9-15-20-14(10-22-15)13-6-1-2-7-18-13/h1-8,10H,9H2,(H,19,21). The van der Waals surface area contributed by atoms with E-state index in [1.54, 1.807) is 18.3 Å². The van der Waals surface area contributed by atoms with Crippen LogP contribution in [0.2, 0.25) is 0 Å². The zero-order valence-corrected chi connectivity index (χ0v) is 13.9. The summed E-state index contributed by atoms with van der Waals surface area (Å²) in [5.74, 6) is -0.115. The predicted molar refractivity (Wildman–Crippen MR) is 90.7 cm³/mol. The molecule has 0 saturated carbocycles. The minimum Gasteiger partial charge on any atom is -0.346 e. The van der Waals surface area contributed by atoms with E-state index in [-0.39, 0.29) is 5.91 Å². The Balaban J connectivity index is 1.65. The maximum Gasteiger partial charge on any atom is 0.251 e. The Morgan fingerprint density at radius 2 is 2.09 bits per heavy atom. The van der Waals surface area contributed by atoms with Crippen LogP contribution in [-0.4, -0.2) is 15.9 Å². The van der Waals surface area contributed by atoms with E-state index in [0.717, 1.165) is 20.9 Å². The van der Waals surface area contributed by atoms with Crippen LogP contribution in [0.5, 0.6) is 0 Å². The number of aromatic nitrogens is 2. The number of benzene rings is 1. The van der Waals surface area contributed by atoms with Crippen molar-refractivity contribution >= 4 is 33.2 Å². The highest BCUT2D eigenvalue weighted by molar-refractivity contribution is 9.10. The van der Waals surface area contributed by atoms with Crippen molar-refractivity contribution in [2.45, 2.75) is 6.54 Å². The molecule has 0 atom stereocenters. The van der Waals surface area contributed by atoms with Gasteiger partial charge in [0.1, 0.15) is 5.01 Å². The van der Waals surface area contributed by atoms with Gasteiger partial charge < -0.3 is 5.32 Å². The molecule has 0 saturated heterocycles. The summed E-state index contributed by atoms with van der Waals surface area (Å²) in [7, 11) is 0. The van der Waals surface area contributed by atoms with E-state index in [1.165, 1.54) is 11.3 Å². The van der Waals surface area contributed by atoms with Crippen LogP contribution in [0.1, 0.15) is 15.4 Å². The van der Waals surface area contributed by atoms with E-state index in [2.05, 4.69) is 31.2 Å². The Kier molecular flexibility index (Phi) is 4.60. The number of amides is 1. The molecule has 1 N–H and O–H groups in total. The Hall–Kier alpha value is -2.05. The average Bonchev–Trinajstić information content (AvgIpc) is 3.02. The van der Waals surface area contributed by atoms with Crippen molar-refractivity contribution in [2.24, 2.45) is 0 Å². The van der Waals surface area contributed by atoms with Crippen molar-refractivity contribution < 1.29 is 4.79 Å². The lowest BCUT2D eigenvalue weighted by Crippen LogP contribution is -2.22. The van der Waals surface area contributed by atoms with Crippen molar-refractivity contribution in [3.63, 3.8) is 0 Å². The first-order chi connectivity index (χ1) is 10.7. The Labute approximate surface area is 140 Å². The van der Waals surface area contributed by atoms with E-state index in [9.17, 15) is 4.79 Å². The van der Waals surface area contributed by atoms with Crippen LogP contribution in [0.15, 0.2) is 58.5 Å². The molecule has 1 aromatic carbocycles. The highest BCUT2D eigenvalue weighted by Crippen LogP contribution is 2.19. The van der Waals surface area contributed by atoms with Gasteiger partial charge in [0.25, 0.3) is 5.91 Å². The average molecular weight is 374 g/mol. The number of carbonyl (C=O) groups is 1. The van der Waals surface area contributed by atoms with Crippen LogP contribution in [0.3, 0.4) is 0 Å². The fraction of sp³-hybridized carbons (Fsp3) is 0.0625. The van der Waals surface area contributed by atoms with Gasteiger partial charge in [-0.15, -0.1) is 11.3 Å². The van der Waals surface area contributed by atoms with Crippen molar-refractivity contribution in [3.05, 3.63) is 69.1 Å². The number of halogens is 1. The summed E-state index contributed by atoms with van der Waals surface area (Å²) >= 11 is 4.87. The van der Waals surface area contributed by atoms with E-state index in [1.807, 2.05) is 35.7 Å². The van der Waals surface area contributed by atoms with E-state index >= 15 is 0 Å². The molecule has 4 nitrogen and oxygen atoms in total. The zero-order valence-electron chi connectivity index (χ0n) is 11.5. The van der Waals surface area contributed by atoms with Crippen molar-refractivity contribution in [3.8, 4) is 11.4 Å². The molecule has 0 unspecified atom stereocenters. The van der Waals surface area contributed by atoms with Gasteiger partial charge in [0.05, 0.1) is 17.9 Å². The molecular weight excluding hydrogens is 362 g/mol.